The molecule has 0 spiro atoms. The molecule has 0 saturated carbocycles. The van der Waals surface area contributed by atoms with Gasteiger partial charge in [-0.1, -0.05) is 0 Å². The minimum absolute atomic E-state index is 0.214. The van der Waals surface area contributed by atoms with Gasteiger partial charge in [0.2, 0.25) is 0 Å². The zero-order chi connectivity index (χ0) is 18.1. The molecule has 128 valence electrons. The van der Waals surface area contributed by atoms with Crippen molar-refractivity contribution in [1.29, 1.82) is 0 Å². The van der Waals surface area contributed by atoms with Crippen molar-refractivity contribution in [1.82, 2.24) is 14.5 Å². The van der Waals surface area contributed by atoms with Gasteiger partial charge in [0.15, 0.2) is 5.78 Å². The minimum Gasteiger partial charge on any atom is -0.373 e. The number of rotatable bonds is 5. The van der Waals surface area contributed by atoms with Crippen LogP contribution >= 0.6 is 0 Å². The average Bonchev–Trinajstić information content (AvgIpc) is 2.48. The number of carbonyl (C=O) groups excluding carboxylic acids is 1. The first-order chi connectivity index (χ1) is 11.1. The Balaban J connectivity index is 2.62. The molecule has 2 aromatic heterocycles. The molecule has 0 bridgehead atoms. The molecule has 0 atom stereocenters. The summed E-state index contributed by atoms with van der Waals surface area (Å²) < 4.78 is 1.31. The van der Waals surface area contributed by atoms with Gasteiger partial charge in [0.1, 0.15) is 23.7 Å². The molecule has 0 fully saturated rings. The number of anilines is 3. The fraction of sp³-hybridized carbons (Fsp3) is 0.375. The van der Waals surface area contributed by atoms with Gasteiger partial charge in [-0.2, -0.15) is 0 Å². The third-order valence-corrected chi connectivity index (χ3v) is 3.49. The first-order valence-electron chi connectivity index (χ1n) is 7.49. The van der Waals surface area contributed by atoms with E-state index in [9.17, 15) is 9.59 Å². The Kier molecular flexibility index (Phi) is 4.70. The van der Waals surface area contributed by atoms with Gasteiger partial charge in [-0.15, -0.1) is 0 Å². The molecular weight excluding hydrogens is 308 g/mol. The molecule has 2 rings (SSSR count). The Bertz CT molecular complexity index is 835. The van der Waals surface area contributed by atoms with Crippen molar-refractivity contribution >= 4 is 23.1 Å². The second-order valence-corrected chi connectivity index (χ2v) is 6.10. The van der Waals surface area contributed by atoms with Gasteiger partial charge >= 0.3 is 0 Å². The number of hydrogen-bond acceptors (Lipinski definition) is 7. The van der Waals surface area contributed by atoms with Crippen LogP contribution in [0.5, 0.6) is 0 Å². The number of carbonyl (C=O) groups is 1. The zero-order valence-electron chi connectivity index (χ0n) is 14.5. The summed E-state index contributed by atoms with van der Waals surface area (Å²) in [5.41, 5.74) is 5.96. The smallest absolute Gasteiger partial charge is 0.276 e. The van der Waals surface area contributed by atoms with Crippen LogP contribution in [0, 0.1) is 6.92 Å². The number of aryl methyl sites for hydroxylation is 1. The molecule has 0 amide bonds. The number of Topliss-reactive ketones (excluding diaryl/α,β-unsaturated/α-hetero) is 1. The normalized spacial score (nSPS) is 11.2. The summed E-state index contributed by atoms with van der Waals surface area (Å²) in [6, 6.07) is 3.30. The monoisotopic (exact) mass is 330 g/mol. The van der Waals surface area contributed by atoms with E-state index in [0.717, 1.165) is 0 Å². The molecule has 0 aromatic carbocycles. The van der Waals surface area contributed by atoms with E-state index in [-0.39, 0.29) is 17.0 Å². The molecular formula is C16H22N6O2. The number of nitrogens with zero attached hydrogens (tertiary/aromatic N) is 3. The molecule has 4 N–H and O–H groups in total. The fourth-order valence-corrected chi connectivity index (χ4v) is 2.52. The molecule has 0 radical (unpaired) electrons. The van der Waals surface area contributed by atoms with E-state index >= 15 is 0 Å². The lowest BCUT2D eigenvalue weighted by Gasteiger charge is -2.27. The van der Waals surface area contributed by atoms with Crippen LogP contribution in [0.3, 0.4) is 0 Å². The van der Waals surface area contributed by atoms with E-state index in [2.05, 4.69) is 20.6 Å². The summed E-state index contributed by atoms with van der Waals surface area (Å²) in [7, 11) is 1.74. The van der Waals surface area contributed by atoms with E-state index in [1.807, 2.05) is 0 Å². The van der Waals surface area contributed by atoms with Crippen molar-refractivity contribution in [2.75, 3.05) is 17.7 Å². The van der Waals surface area contributed by atoms with Crippen molar-refractivity contribution in [2.24, 2.45) is 5.73 Å². The number of hydrogen-bond donors (Lipinski definition) is 3. The lowest BCUT2D eigenvalue weighted by molar-refractivity contribution is 0.0995. The SMILES string of the molecule is CNc1cc(Nc2cc(C)c(C(C)=O)n(C(C)(C)N)c2=O)ncn1. The molecule has 8 heteroatoms. The lowest BCUT2D eigenvalue weighted by Crippen LogP contribution is -2.46. The summed E-state index contributed by atoms with van der Waals surface area (Å²) in [6.07, 6.45) is 1.39. The largest absolute Gasteiger partial charge is 0.373 e. The highest BCUT2D eigenvalue weighted by Crippen LogP contribution is 2.20. The lowest BCUT2D eigenvalue weighted by atomic mass is 10.1. The Morgan fingerprint density at radius 1 is 1.25 bits per heavy atom. The molecule has 0 aliphatic carbocycles. The average molecular weight is 330 g/mol. The third-order valence-electron chi connectivity index (χ3n) is 3.49. The van der Waals surface area contributed by atoms with Crippen LogP contribution in [-0.2, 0) is 5.66 Å². The van der Waals surface area contributed by atoms with Gasteiger partial charge in [-0.05, 0) is 32.4 Å². The van der Waals surface area contributed by atoms with Gasteiger partial charge < -0.3 is 16.4 Å². The summed E-state index contributed by atoms with van der Waals surface area (Å²) in [5, 5.41) is 5.87. The van der Waals surface area contributed by atoms with Gasteiger partial charge in [0.05, 0.1) is 11.4 Å². The Hall–Kier alpha value is -2.74. The van der Waals surface area contributed by atoms with E-state index in [0.29, 0.717) is 22.9 Å². The molecule has 0 aliphatic heterocycles. The fourth-order valence-electron chi connectivity index (χ4n) is 2.52. The molecule has 24 heavy (non-hydrogen) atoms. The van der Waals surface area contributed by atoms with Gasteiger partial charge in [0, 0.05) is 20.0 Å². The summed E-state index contributed by atoms with van der Waals surface area (Å²) >= 11 is 0. The predicted molar refractivity (Wildman–Crippen MR) is 93.8 cm³/mol. The number of nitrogens with two attached hydrogens (primary N) is 1. The second kappa shape index (κ2) is 6.40. The standard InChI is InChI=1S/C16H22N6O2/c1-9-6-11(21-13-7-12(18-5)19-8-20-13)15(24)22(16(3,4)17)14(9)10(2)23/h6-8H,17H2,1-5H3,(H2,18,19,20,21). The number of ketones is 1. The van der Waals surface area contributed by atoms with E-state index < -0.39 is 5.66 Å². The highest BCUT2D eigenvalue weighted by molar-refractivity contribution is 5.94. The quantitative estimate of drug-likeness (QED) is 0.713. The molecule has 0 saturated heterocycles. The highest BCUT2D eigenvalue weighted by atomic mass is 16.1. The van der Waals surface area contributed by atoms with E-state index in [1.54, 1.807) is 40.0 Å². The maximum atomic E-state index is 12.9. The van der Waals surface area contributed by atoms with Crippen molar-refractivity contribution in [2.45, 2.75) is 33.4 Å². The van der Waals surface area contributed by atoms with Crippen molar-refractivity contribution in [3.05, 3.63) is 40.1 Å². The molecule has 2 aromatic rings. The summed E-state index contributed by atoms with van der Waals surface area (Å²) in [6.45, 7) is 6.53. The minimum atomic E-state index is -1.03. The van der Waals surface area contributed by atoms with Crippen LogP contribution in [0.4, 0.5) is 17.3 Å². The summed E-state index contributed by atoms with van der Waals surface area (Å²) in [4.78, 5) is 33.0. The van der Waals surface area contributed by atoms with Crippen molar-refractivity contribution in [3.8, 4) is 0 Å². The molecule has 8 nitrogen and oxygen atoms in total. The van der Waals surface area contributed by atoms with Crippen LogP contribution in [-0.4, -0.2) is 27.4 Å². The van der Waals surface area contributed by atoms with Gasteiger partial charge in [-0.25, -0.2) is 9.97 Å². The van der Waals surface area contributed by atoms with Crippen molar-refractivity contribution < 1.29 is 4.79 Å². The number of nitrogens with one attached hydrogen (secondary N) is 2. The predicted octanol–water partition coefficient (Wildman–Crippen LogP) is 1.59. The molecule has 0 aliphatic rings. The Morgan fingerprint density at radius 3 is 2.42 bits per heavy atom. The number of aromatic nitrogens is 3. The third kappa shape index (κ3) is 3.43. The van der Waals surface area contributed by atoms with E-state index in [4.69, 9.17) is 5.73 Å². The van der Waals surface area contributed by atoms with Crippen LogP contribution in [0.25, 0.3) is 0 Å². The van der Waals surface area contributed by atoms with E-state index in [1.165, 1.54) is 17.8 Å². The Labute approximate surface area is 140 Å². The van der Waals surface area contributed by atoms with Crippen LogP contribution < -0.4 is 21.9 Å². The van der Waals surface area contributed by atoms with Crippen LogP contribution in [0.15, 0.2) is 23.3 Å². The summed E-state index contributed by atoms with van der Waals surface area (Å²) in [5.74, 6) is 0.862. The second-order valence-electron chi connectivity index (χ2n) is 6.10. The van der Waals surface area contributed by atoms with Gasteiger partial charge in [-0.3, -0.25) is 14.2 Å². The Morgan fingerprint density at radius 2 is 1.88 bits per heavy atom. The maximum absolute atomic E-state index is 12.9. The molecule has 0 unspecified atom stereocenters. The first-order valence-corrected chi connectivity index (χ1v) is 7.49. The number of pyridine rings is 1. The van der Waals surface area contributed by atoms with Gasteiger partial charge in [0.25, 0.3) is 5.56 Å². The van der Waals surface area contributed by atoms with Crippen LogP contribution in [0.1, 0.15) is 36.8 Å². The maximum Gasteiger partial charge on any atom is 0.276 e. The molecule has 2 heterocycles. The topological polar surface area (TPSA) is 115 Å². The highest BCUT2D eigenvalue weighted by Gasteiger charge is 2.25. The first kappa shape index (κ1) is 17.6. The van der Waals surface area contributed by atoms with Crippen molar-refractivity contribution in [3.63, 3.8) is 0 Å². The van der Waals surface area contributed by atoms with Crippen LogP contribution in [0.2, 0.25) is 0 Å². The zero-order valence-corrected chi connectivity index (χ0v) is 14.5.